The number of primary amides is 2. The molecular weight excluding hydrogens is 1550 g/mol. The zero-order chi connectivity index (χ0) is 82.6. The van der Waals surface area contributed by atoms with E-state index in [2.05, 4.69) is 89.1 Å². The summed E-state index contributed by atoms with van der Waals surface area (Å²) in [4.78, 5) is 269. The van der Waals surface area contributed by atoms with Crippen molar-refractivity contribution in [3.8, 4) is 0 Å². The molecule has 2 aromatic heterocycles. The summed E-state index contributed by atoms with van der Waals surface area (Å²) in [5.74, 6) is -22.5. The van der Waals surface area contributed by atoms with Crippen molar-refractivity contribution in [1.82, 2.24) is 98.9 Å². The standard InChI is InChI=1S/C65H98N22O21S4/c1-29(2)14-35-54(97)82-41(51(68)94)23-109-111-26-44-60(103)80-39(21-88)56(99)79-38(16-33-20-70-28-72-33)65(108)86-12-6-8-45(86)61(104)73-31(5)52(95)83-43(25-112-110-24-42(58(101)84-44)74-48(91)18-66)59(102)81-40(22-89)57(100)85-50(30(3)4)63(106)77-36(17-47(67)90)55(98)78-37(15-32-19-69-27-71-32)64(107)87-13-7-9-46(87)62(105)75-34(53(96)76-35)10-11-49(92)93/h19-20,27-31,34-46,50,88-89H,6-18,21-26,66H2,1-5H3,(H2,67,90)(H2,68,94)(H,69,71)(H,70,72)(H,73,104)(H,74,91)(H,75,105)(H,76,96)(H,77,106)(H,78,98)(H,79,99)(H,80,103)(H,81,102)(H,82,97)(H,83,95)(H,84,101)(H,85,100)(H,92,93)/t31-,34-,35-,36-,37-,38-,39-,40-,41-,42-,43+,44+,45-,46-,50-/m0/s1. The lowest BCUT2D eigenvalue weighted by Crippen LogP contribution is -2.62. The Bertz CT molecular complexity index is 3710. The number of nitrogens with zero attached hydrogens (tertiary/aromatic N) is 4. The number of amides is 17. The SMILES string of the molecule is CC(C)C[C@@H]1NC(=O)[C@H](CCC(=O)O)NC(=O)[C@@H]2CCCN2C(=O)[C@H](Cc2cnc[nH]2)NC(=O)[C@H](CC(N)=O)NC(=O)[C@H](C(C)C)NC(=O)[C@H](CO)NC(=O)[C@H]2CSSC[C@H](NC(=O)CN)C(=O)N[C@H](CSSC[C@@H](C(N)=O)NC1=O)C(=O)N[C@@H](CO)C(=O)N[C@@H](Cc1cnc[nH]1)C(=O)N1CCC[C@H]1C(=O)N[C@@H](C)C(=O)N2. The summed E-state index contributed by atoms with van der Waals surface area (Å²) in [6.45, 7) is 4.33. The van der Waals surface area contributed by atoms with E-state index >= 15 is 0 Å². The van der Waals surface area contributed by atoms with Crippen LogP contribution in [-0.2, 0) is 99.1 Å². The number of carbonyl (C=O) groups excluding carboxylic acids is 17. The van der Waals surface area contributed by atoms with Crippen LogP contribution in [0.2, 0.25) is 0 Å². The highest BCUT2D eigenvalue weighted by Gasteiger charge is 2.44. The van der Waals surface area contributed by atoms with E-state index in [1.165, 1.54) is 45.8 Å². The number of hydrogen-bond acceptors (Lipinski definition) is 27. The number of aromatic nitrogens is 4. The van der Waals surface area contributed by atoms with Gasteiger partial charge >= 0.3 is 5.97 Å². The third-order valence-corrected chi connectivity index (χ3v) is 22.9. The molecule has 43 nitrogen and oxygen atoms in total. The van der Waals surface area contributed by atoms with E-state index in [9.17, 15) is 102 Å². The number of hydrogen-bond donors (Lipinski definition) is 21. The summed E-state index contributed by atoms with van der Waals surface area (Å²) in [6, 6.07) is -24.7. The van der Waals surface area contributed by atoms with Crippen molar-refractivity contribution in [1.29, 1.82) is 0 Å². The summed E-state index contributed by atoms with van der Waals surface area (Å²) < 4.78 is 0. The maximum atomic E-state index is 14.9. The molecule has 15 atom stereocenters. The molecule has 0 aromatic carbocycles. The quantitative estimate of drug-likeness (QED) is 0.0654. The van der Waals surface area contributed by atoms with Crippen molar-refractivity contribution in [3.63, 3.8) is 0 Å². The first-order valence-electron chi connectivity index (χ1n) is 35.8. The Balaban J connectivity index is 1.45. The molecular formula is C65H98N22O21S4. The van der Waals surface area contributed by atoms with E-state index in [1.807, 2.05) is 0 Å². The molecule has 0 unspecified atom stereocenters. The molecule has 2 bridgehead atoms. The summed E-state index contributed by atoms with van der Waals surface area (Å²) in [5, 5.41) is 63.3. The molecule has 4 fully saturated rings. The molecule has 47 heteroatoms. The van der Waals surface area contributed by atoms with Gasteiger partial charge in [-0.15, -0.1) is 0 Å². The monoisotopic (exact) mass is 1650 g/mol. The largest absolute Gasteiger partial charge is 0.481 e. The first-order valence-corrected chi connectivity index (χ1v) is 40.8. The number of carboxylic acid groups (broad SMARTS) is 1. The van der Waals surface area contributed by atoms with Crippen LogP contribution in [0.15, 0.2) is 25.0 Å². The van der Waals surface area contributed by atoms with Crippen LogP contribution in [0.5, 0.6) is 0 Å². The summed E-state index contributed by atoms with van der Waals surface area (Å²) in [7, 11) is 3.18. The Morgan fingerprint density at radius 1 is 0.527 bits per heavy atom. The maximum Gasteiger partial charge on any atom is 0.303 e. The molecule has 6 rings (SSSR count). The van der Waals surface area contributed by atoms with Gasteiger partial charge in [0.2, 0.25) is 100 Å². The number of fused-ring (bicyclic) bond motifs is 10. The molecule has 0 saturated carbocycles. The van der Waals surface area contributed by atoms with Gasteiger partial charge in [-0.2, -0.15) is 0 Å². The van der Waals surface area contributed by atoms with Crippen molar-refractivity contribution in [2.45, 2.75) is 189 Å². The Hall–Kier alpha value is -9.84. The molecule has 6 heterocycles. The highest BCUT2D eigenvalue weighted by molar-refractivity contribution is 8.77. The van der Waals surface area contributed by atoms with Gasteiger partial charge in [-0.3, -0.25) is 86.3 Å². The number of nitrogens with two attached hydrogens (primary N) is 3. The molecule has 618 valence electrons. The molecule has 4 aliphatic rings. The number of imidazole rings is 2. The minimum atomic E-state index is -1.95. The third-order valence-electron chi connectivity index (χ3n) is 18.0. The lowest BCUT2D eigenvalue weighted by atomic mass is 10.0. The van der Waals surface area contributed by atoms with Crippen molar-refractivity contribution in [3.05, 3.63) is 36.4 Å². The average Bonchev–Trinajstić information content (AvgIpc) is 1.65. The van der Waals surface area contributed by atoms with Crippen LogP contribution in [0.4, 0.5) is 0 Å². The van der Waals surface area contributed by atoms with Gasteiger partial charge in [-0.25, -0.2) is 9.97 Å². The number of aliphatic carboxylic acids is 1. The van der Waals surface area contributed by atoms with Crippen LogP contribution in [-0.4, -0.2) is 298 Å². The number of aliphatic hydroxyl groups excluding tert-OH is 2. The fourth-order valence-electron chi connectivity index (χ4n) is 12.0. The number of aliphatic hydroxyl groups is 2. The van der Waals surface area contributed by atoms with E-state index in [-0.39, 0.29) is 69.6 Å². The number of nitrogens with one attached hydrogen (secondary N) is 15. The van der Waals surface area contributed by atoms with E-state index < -0.39 is 265 Å². The molecule has 24 N–H and O–H groups in total. The van der Waals surface area contributed by atoms with Gasteiger partial charge in [0.1, 0.15) is 90.6 Å². The lowest BCUT2D eigenvalue weighted by Gasteiger charge is -2.31. The first kappa shape index (κ1) is 91.0. The number of carbonyl (C=O) groups is 18. The molecule has 17 amide bonds. The van der Waals surface area contributed by atoms with Gasteiger partial charge < -0.3 is 121 Å². The molecule has 2 aromatic rings. The zero-order valence-corrected chi connectivity index (χ0v) is 65.2. The summed E-state index contributed by atoms with van der Waals surface area (Å²) >= 11 is 0. The van der Waals surface area contributed by atoms with Gasteiger partial charge in [0.15, 0.2) is 0 Å². The number of H-pyrrole nitrogens is 2. The highest BCUT2D eigenvalue weighted by atomic mass is 33.1. The fraction of sp³-hybridized carbons (Fsp3) is 0.631. The molecule has 112 heavy (non-hydrogen) atoms. The van der Waals surface area contributed by atoms with Crippen molar-refractivity contribution < 1.29 is 102 Å². The van der Waals surface area contributed by atoms with Crippen LogP contribution in [0, 0.1) is 11.8 Å². The lowest BCUT2D eigenvalue weighted by molar-refractivity contribution is -0.143. The van der Waals surface area contributed by atoms with Crippen LogP contribution >= 0.6 is 43.2 Å². The van der Waals surface area contributed by atoms with E-state index in [1.54, 1.807) is 13.8 Å². The molecule has 0 spiro atoms. The smallest absolute Gasteiger partial charge is 0.303 e. The van der Waals surface area contributed by atoms with Crippen molar-refractivity contribution in [2.75, 3.05) is 55.9 Å². The van der Waals surface area contributed by atoms with Crippen molar-refractivity contribution >= 4 is 150 Å². The second kappa shape index (κ2) is 44.4. The van der Waals surface area contributed by atoms with E-state index in [0.29, 0.717) is 5.69 Å². The van der Waals surface area contributed by atoms with Gasteiger partial charge in [-0.05, 0) is 57.3 Å². The van der Waals surface area contributed by atoms with E-state index in [0.717, 1.165) is 53.0 Å². The predicted molar refractivity (Wildman–Crippen MR) is 402 cm³/mol. The van der Waals surface area contributed by atoms with Crippen LogP contribution < -0.4 is 86.3 Å². The van der Waals surface area contributed by atoms with Gasteiger partial charge in [0.05, 0.1) is 38.8 Å². The van der Waals surface area contributed by atoms with Crippen LogP contribution in [0.3, 0.4) is 0 Å². The fourth-order valence-corrected chi connectivity index (χ4v) is 16.7. The number of carboxylic acids is 1. The van der Waals surface area contributed by atoms with E-state index in [4.69, 9.17) is 17.2 Å². The molecule has 0 radical (unpaired) electrons. The Morgan fingerprint density at radius 2 is 0.973 bits per heavy atom. The van der Waals surface area contributed by atoms with Gasteiger partial charge in [0.25, 0.3) is 0 Å². The summed E-state index contributed by atoms with van der Waals surface area (Å²) in [5.41, 5.74) is 17.7. The topological polar surface area (TPSA) is 666 Å². The Morgan fingerprint density at radius 3 is 1.45 bits per heavy atom. The Labute approximate surface area is 657 Å². The van der Waals surface area contributed by atoms with Crippen LogP contribution in [0.25, 0.3) is 0 Å². The highest BCUT2D eigenvalue weighted by Crippen LogP contribution is 2.27. The summed E-state index contributed by atoms with van der Waals surface area (Å²) in [6.07, 6.45) is 2.59. The zero-order valence-electron chi connectivity index (χ0n) is 61.9. The number of rotatable bonds is 17. The third kappa shape index (κ3) is 27.5. The molecule has 4 aliphatic heterocycles. The van der Waals surface area contributed by atoms with Gasteiger partial charge in [-0.1, -0.05) is 70.9 Å². The minimum Gasteiger partial charge on any atom is -0.481 e. The van der Waals surface area contributed by atoms with Crippen molar-refractivity contribution in [2.24, 2.45) is 29.0 Å². The molecule has 4 saturated heterocycles. The Kier molecular flexibility index (Phi) is 36.1. The second-order valence-corrected chi connectivity index (χ2v) is 32.6. The first-order chi connectivity index (χ1) is 53.1. The maximum absolute atomic E-state index is 14.9. The minimum absolute atomic E-state index is 0.0434. The average molecular weight is 1650 g/mol. The normalized spacial score (nSPS) is 28.0. The number of aromatic amines is 2. The second-order valence-electron chi connectivity index (χ2n) is 27.5. The predicted octanol–water partition coefficient (Wildman–Crippen LogP) is -9.12. The molecule has 0 aliphatic carbocycles. The van der Waals surface area contributed by atoms with Crippen LogP contribution in [0.1, 0.15) is 97.4 Å². The van der Waals surface area contributed by atoms with Gasteiger partial charge in [0, 0.05) is 79.1 Å².